The Hall–Kier alpha value is -0.450. The lowest BCUT2D eigenvalue weighted by Crippen LogP contribution is -2.33. The Bertz CT molecular complexity index is 309. The van der Waals surface area contributed by atoms with Gasteiger partial charge in [-0.05, 0) is 26.8 Å². The fourth-order valence-corrected chi connectivity index (χ4v) is 2.85. The number of aliphatic hydroxyl groups is 1. The van der Waals surface area contributed by atoms with Crippen LogP contribution in [0.25, 0.3) is 0 Å². The minimum absolute atomic E-state index is 0.559. The van der Waals surface area contributed by atoms with E-state index in [1.165, 1.54) is 4.88 Å². The van der Waals surface area contributed by atoms with E-state index in [1.807, 2.05) is 6.92 Å². The van der Waals surface area contributed by atoms with Gasteiger partial charge in [-0.25, -0.2) is 4.98 Å². The lowest BCUT2D eigenvalue weighted by Gasteiger charge is -2.19. The molecule has 14 heavy (non-hydrogen) atoms. The molecular formula is C10H16N2OS. The quantitative estimate of drug-likeness (QED) is 0.769. The Morgan fingerprint density at radius 2 is 2.36 bits per heavy atom. The molecule has 1 aliphatic heterocycles. The molecule has 2 heterocycles. The summed E-state index contributed by atoms with van der Waals surface area (Å²) in [6, 6.07) is 0. The van der Waals surface area contributed by atoms with Gasteiger partial charge in [0.1, 0.15) is 0 Å². The molecule has 0 radical (unpaired) electrons. The average Bonchev–Trinajstić information content (AvgIpc) is 2.62. The van der Waals surface area contributed by atoms with Crippen LogP contribution in [-0.2, 0) is 6.42 Å². The molecular weight excluding hydrogens is 196 g/mol. The van der Waals surface area contributed by atoms with Gasteiger partial charge in [-0.15, -0.1) is 11.3 Å². The molecule has 1 fully saturated rings. The van der Waals surface area contributed by atoms with Gasteiger partial charge >= 0.3 is 0 Å². The van der Waals surface area contributed by atoms with Crippen LogP contribution >= 0.6 is 11.3 Å². The van der Waals surface area contributed by atoms with E-state index in [0.29, 0.717) is 13.0 Å². The van der Waals surface area contributed by atoms with Crippen molar-refractivity contribution in [3.63, 3.8) is 0 Å². The maximum atomic E-state index is 10.1. The van der Waals surface area contributed by atoms with E-state index in [2.05, 4.69) is 17.2 Å². The van der Waals surface area contributed by atoms with E-state index in [0.717, 1.165) is 23.7 Å². The highest BCUT2D eigenvalue weighted by Gasteiger charge is 2.32. The van der Waals surface area contributed by atoms with Gasteiger partial charge in [0.05, 0.1) is 16.3 Å². The predicted octanol–water partition coefficient (Wildman–Crippen LogP) is 1.03. The molecule has 0 aromatic carbocycles. The molecule has 1 aliphatic rings. The number of β-amino-alcohol motifs (C(OH)–C–C–N with tert-alkyl or cyclic N) is 1. The molecule has 1 aromatic rings. The van der Waals surface area contributed by atoms with Gasteiger partial charge < -0.3 is 10.4 Å². The first kappa shape index (κ1) is 10.1. The van der Waals surface area contributed by atoms with Crippen molar-refractivity contribution in [2.45, 2.75) is 32.3 Å². The van der Waals surface area contributed by atoms with Crippen LogP contribution in [0, 0.1) is 13.8 Å². The first-order valence-corrected chi connectivity index (χ1v) is 5.77. The Kier molecular flexibility index (Phi) is 2.60. The standard InChI is InChI=1S/C10H16N2OS/c1-7-8(2)14-9(12-7)5-10(13)3-4-11-6-10/h11,13H,3-6H2,1-2H3. The third kappa shape index (κ3) is 1.97. The van der Waals surface area contributed by atoms with Crippen LogP contribution in [0.2, 0.25) is 0 Å². The number of nitrogens with one attached hydrogen (secondary N) is 1. The minimum Gasteiger partial charge on any atom is -0.388 e. The molecule has 1 atom stereocenters. The first-order valence-electron chi connectivity index (χ1n) is 4.95. The highest BCUT2D eigenvalue weighted by molar-refractivity contribution is 7.11. The Labute approximate surface area is 88.2 Å². The molecule has 4 heteroatoms. The van der Waals surface area contributed by atoms with Crippen LogP contribution in [0.3, 0.4) is 0 Å². The minimum atomic E-state index is -0.559. The summed E-state index contributed by atoms with van der Waals surface area (Å²) in [5.41, 5.74) is 0.538. The van der Waals surface area contributed by atoms with Crippen molar-refractivity contribution in [1.82, 2.24) is 10.3 Å². The van der Waals surface area contributed by atoms with Crippen molar-refractivity contribution in [3.8, 4) is 0 Å². The van der Waals surface area contributed by atoms with Gasteiger partial charge in [0.2, 0.25) is 0 Å². The number of aromatic nitrogens is 1. The van der Waals surface area contributed by atoms with E-state index in [-0.39, 0.29) is 0 Å². The molecule has 0 bridgehead atoms. The molecule has 0 spiro atoms. The molecule has 0 saturated carbocycles. The first-order chi connectivity index (χ1) is 6.59. The van der Waals surface area contributed by atoms with Gasteiger partial charge in [0.15, 0.2) is 0 Å². The Morgan fingerprint density at radius 3 is 2.86 bits per heavy atom. The number of thiazole rings is 1. The van der Waals surface area contributed by atoms with E-state index in [9.17, 15) is 5.11 Å². The van der Waals surface area contributed by atoms with E-state index >= 15 is 0 Å². The molecule has 1 unspecified atom stereocenters. The summed E-state index contributed by atoms with van der Waals surface area (Å²) in [4.78, 5) is 5.71. The summed E-state index contributed by atoms with van der Waals surface area (Å²) < 4.78 is 0. The number of hydrogen-bond acceptors (Lipinski definition) is 4. The van der Waals surface area contributed by atoms with Crippen LogP contribution in [0.1, 0.15) is 22.0 Å². The van der Waals surface area contributed by atoms with Crippen LogP contribution in [-0.4, -0.2) is 28.8 Å². The van der Waals surface area contributed by atoms with E-state index in [1.54, 1.807) is 11.3 Å². The summed E-state index contributed by atoms with van der Waals surface area (Å²) in [7, 11) is 0. The molecule has 78 valence electrons. The zero-order chi connectivity index (χ0) is 10.2. The molecule has 0 aliphatic carbocycles. The second-order valence-corrected chi connectivity index (χ2v) is 5.36. The Morgan fingerprint density at radius 1 is 1.57 bits per heavy atom. The SMILES string of the molecule is Cc1nc(CC2(O)CCNC2)sc1C. The van der Waals surface area contributed by atoms with Crippen LogP contribution in [0.4, 0.5) is 0 Å². The maximum absolute atomic E-state index is 10.1. The third-order valence-corrected chi connectivity index (χ3v) is 3.85. The Balaban J connectivity index is 2.10. The second kappa shape index (κ2) is 3.61. The highest BCUT2D eigenvalue weighted by atomic mass is 32.1. The zero-order valence-electron chi connectivity index (χ0n) is 8.63. The van der Waals surface area contributed by atoms with Crippen molar-refractivity contribution >= 4 is 11.3 Å². The smallest absolute Gasteiger partial charge is 0.0960 e. The molecule has 3 nitrogen and oxygen atoms in total. The van der Waals surface area contributed by atoms with Gasteiger partial charge in [-0.2, -0.15) is 0 Å². The summed E-state index contributed by atoms with van der Waals surface area (Å²) in [6.07, 6.45) is 1.53. The topological polar surface area (TPSA) is 45.2 Å². The fraction of sp³-hybridized carbons (Fsp3) is 0.700. The van der Waals surface area contributed by atoms with Gasteiger partial charge in [0.25, 0.3) is 0 Å². The second-order valence-electron chi connectivity index (χ2n) is 4.08. The van der Waals surface area contributed by atoms with Crippen LogP contribution in [0.5, 0.6) is 0 Å². The predicted molar refractivity (Wildman–Crippen MR) is 57.7 cm³/mol. The zero-order valence-corrected chi connectivity index (χ0v) is 9.45. The average molecular weight is 212 g/mol. The summed E-state index contributed by atoms with van der Waals surface area (Å²) >= 11 is 1.70. The van der Waals surface area contributed by atoms with Gasteiger partial charge in [-0.3, -0.25) is 0 Å². The van der Waals surface area contributed by atoms with E-state index < -0.39 is 5.60 Å². The maximum Gasteiger partial charge on any atom is 0.0960 e. The normalized spacial score (nSPS) is 27.1. The number of nitrogens with zero attached hydrogens (tertiary/aromatic N) is 1. The molecule has 2 N–H and O–H groups in total. The van der Waals surface area contributed by atoms with Gasteiger partial charge in [-0.1, -0.05) is 0 Å². The molecule has 1 aromatic heterocycles. The molecule has 0 amide bonds. The van der Waals surface area contributed by atoms with Crippen molar-refractivity contribution in [3.05, 3.63) is 15.6 Å². The van der Waals surface area contributed by atoms with Crippen LogP contribution in [0.15, 0.2) is 0 Å². The number of hydrogen-bond donors (Lipinski definition) is 2. The van der Waals surface area contributed by atoms with Gasteiger partial charge in [0, 0.05) is 17.8 Å². The number of aryl methyl sites for hydroxylation is 2. The van der Waals surface area contributed by atoms with Crippen molar-refractivity contribution in [2.24, 2.45) is 0 Å². The summed E-state index contributed by atoms with van der Waals surface area (Å²) in [6.45, 7) is 5.71. The van der Waals surface area contributed by atoms with Crippen LogP contribution < -0.4 is 5.32 Å². The van der Waals surface area contributed by atoms with Crippen molar-refractivity contribution < 1.29 is 5.11 Å². The highest BCUT2D eigenvalue weighted by Crippen LogP contribution is 2.24. The van der Waals surface area contributed by atoms with Crippen molar-refractivity contribution in [1.29, 1.82) is 0 Å². The lowest BCUT2D eigenvalue weighted by molar-refractivity contribution is 0.0618. The lowest BCUT2D eigenvalue weighted by atomic mass is 10.00. The largest absolute Gasteiger partial charge is 0.388 e. The number of rotatable bonds is 2. The monoisotopic (exact) mass is 212 g/mol. The summed E-state index contributed by atoms with van der Waals surface area (Å²) in [5, 5.41) is 14.4. The molecule has 2 rings (SSSR count). The third-order valence-electron chi connectivity index (χ3n) is 2.77. The fourth-order valence-electron chi connectivity index (χ4n) is 1.78. The molecule has 1 saturated heterocycles. The van der Waals surface area contributed by atoms with E-state index in [4.69, 9.17) is 0 Å². The van der Waals surface area contributed by atoms with Crippen molar-refractivity contribution in [2.75, 3.05) is 13.1 Å². The summed E-state index contributed by atoms with van der Waals surface area (Å²) in [5.74, 6) is 0.